The number of thiazole rings is 1. The molecule has 2 N–H and O–H groups in total. The van der Waals surface area contributed by atoms with Gasteiger partial charge in [0.1, 0.15) is 30.1 Å². The van der Waals surface area contributed by atoms with E-state index in [-0.39, 0.29) is 54.6 Å². The first kappa shape index (κ1) is 52.4. The van der Waals surface area contributed by atoms with Crippen molar-refractivity contribution in [2.24, 2.45) is 5.92 Å². The number of thiocarbonyl (C=S) groups is 1. The highest BCUT2D eigenvalue weighted by molar-refractivity contribution is 7.81. The lowest BCUT2D eigenvalue weighted by Gasteiger charge is -2.35. The summed E-state index contributed by atoms with van der Waals surface area (Å²) in [6.45, 7) is 7.59. The van der Waals surface area contributed by atoms with Crippen molar-refractivity contribution in [1.82, 2.24) is 20.1 Å². The number of aliphatic hydroxyl groups excluding tert-OH is 1. The van der Waals surface area contributed by atoms with E-state index in [0.29, 0.717) is 68.6 Å². The number of nitriles is 1. The number of nitrogens with one attached hydrogen (secondary N) is 1. The van der Waals surface area contributed by atoms with E-state index in [1.807, 2.05) is 51.1 Å². The summed E-state index contributed by atoms with van der Waals surface area (Å²) in [5, 5.41) is 22.9. The third-order valence-corrected chi connectivity index (χ3v) is 14.3. The van der Waals surface area contributed by atoms with Crippen molar-refractivity contribution in [2.75, 3.05) is 49.3 Å². The number of hydrogen-bond donors (Lipinski definition) is 2. The lowest BCUT2D eigenvalue weighted by atomic mass is 10.0. The molecule has 5 aromatic rings. The van der Waals surface area contributed by atoms with Gasteiger partial charge in [-0.15, -0.1) is 11.3 Å². The minimum absolute atomic E-state index is 0.00864. The van der Waals surface area contributed by atoms with Crippen LogP contribution in [0.4, 0.5) is 24.5 Å². The number of unbranched alkanes of at least 4 members (excludes halogenated alkanes) is 1. The summed E-state index contributed by atoms with van der Waals surface area (Å²) in [5.41, 5.74) is 4.51. The molecule has 8 rings (SSSR count). The maximum atomic E-state index is 14.2. The van der Waals surface area contributed by atoms with Gasteiger partial charge in [-0.25, -0.2) is 4.98 Å². The SMILES string of the molecule is Cc1ncsc1-c1ccc(CNC(=O)[C@@H]2C[C@@H](O)CN2C(=O)[C@H](C(C)C)N2Cc3ccccc3C2=O)c(OCCCCOCCCOc2ccc(N3CC(=O)N(c4ccc(C#N)c(C(F)(F)F)c4)C3=S)cc2)c1. The monoisotopic (exact) mass is 1040 g/mol. The van der Waals surface area contributed by atoms with Crippen LogP contribution in [0.1, 0.15) is 77.8 Å². The number of aromatic nitrogens is 1. The van der Waals surface area contributed by atoms with E-state index in [4.69, 9.17) is 31.7 Å². The van der Waals surface area contributed by atoms with Crippen LogP contribution in [0.15, 0.2) is 90.4 Å². The molecule has 3 aliphatic heterocycles. The molecule has 0 radical (unpaired) electrons. The molecule has 0 unspecified atom stereocenters. The molecule has 1 aromatic heterocycles. The normalized spacial score (nSPS) is 17.1. The van der Waals surface area contributed by atoms with Crippen LogP contribution in [0.25, 0.3) is 10.4 Å². The van der Waals surface area contributed by atoms with Crippen molar-refractivity contribution >= 4 is 63.7 Å². The number of benzene rings is 4. The van der Waals surface area contributed by atoms with Crippen molar-refractivity contribution < 1.29 is 51.7 Å². The second-order valence-corrected chi connectivity index (χ2v) is 19.5. The van der Waals surface area contributed by atoms with E-state index in [1.165, 1.54) is 33.3 Å². The Bertz CT molecular complexity index is 2910. The second kappa shape index (κ2) is 22.9. The Kier molecular flexibility index (Phi) is 16.4. The van der Waals surface area contributed by atoms with Crippen LogP contribution in [0.2, 0.25) is 0 Å². The molecule has 0 saturated carbocycles. The Morgan fingerprint density at radius 2 is 1.67 bits per heavy atom. The molecule has 15 nitrogen and oxygen atoms in total. The van der Waals surface area contributed by atoms with Gasteiger partial charge in [0.2, 0.25) is 11.8 Å². The second-order valence-electron chi connectivity index (χ2n) is 18.3. The van der Waals surface area contributed by atoms with Crippen LogP contribution in [0, 0.1) is 24.2 Å². The van der Waals surface area contributed by atoms with Gasteiger partial charge in [-0.3, -0.25) is 24.1 Å². The number of alkyl halides is 3. The molecule has 0 bridgehead atoms. The van der Waals surface area contributed by atoms with E-state index in [2.05, 4.69) is 10.3 Å². The first-order valence-corrected chi connectivity index (χ1v) is 25.2. The fourth-order valence-electron chi connectivity index (χ4n) is 9.24. The molecule has 4 heterocycles. The van der Waals surface area contributed by atoms with E-state index < -0.39 is 47.3 Å². The van der Waals surface area contributed by atoms with Gasteiger partial charge >= 0.3 is 6.18 Å². The molecule has 4 amide bonds. The van der Waals surface area contributed by atoms with E-state index in [1.54, 1.807) is 46.8 Å². The molecule has 3 aliphatic rings. The topological polar surface area (TPSA) is 178 Å². The number of likely N-dealkylation sites (tertiary alicyclic amines) is 1. The maximum absolute atomic E-state index is 14.2. The quantitative estimate of drug-likeness (QED) is 0.0567. The lowest BCUT2D eigenvalue weighted by molar-refractivity contribution is -0.143. The minimum atomic E-state index is -4.79. The molecule has 0 spiro atoms. The predicted octanol–water partition coefficient (Wildman–Crippen LogP) is 8.05. The zero-order valence-electron chi connectivity index (χ0n) is 40.4. The van der Waals surface area contributed by atoms with Crippen molar-refractivity contribution in [3.05, 3.63) is 124 Å². The number of carbonyl (C=O) groups is 4. The van der Waals surface area contributed by atoms with Crippen LogP contribution in [-0.4, -0.2) is 106 Å². The standard InChI is InChI=1S/C53H54F3N7O8S2/c1-32(2)47(62-28-37-9-4-5-10-42(37)50(62)67)51(68)61-29-40(64)25-44(61)49(66)58-27-36-12-11-34(48-33(3)59-31-73-48)23-45(36)71-21-7-6-19-69-20-8-22-70-41-17-15-38(16-18-41)60-30-46(65)63(52(60)72)39-14-13-35(26-57)43(24-39)53(54,55)56/h4-5,9-18,23-24,31-32,40,44,47,64H,6-8,19-22,25,27-30H2,1-3H3,(H,58,66)/t40-,44+,47+/m1/s1. The number of aryl methyl sites for hydroxylation is 1. The molecular formula is C53H54F3N7O8S2. The van der Waals surface area contributed by atoms with Crippen molar-refractivity contribution in [3.8, 4) is 28.0 Å². The summed E-state index contributed by atoms with van der Waals surface area (Å²) in [5.74, 6) is -0.607. The molecule has 2 fully saturated rings. The third-order valence-electron chi connectivity index (χ3n) is 12.9. The number of nitrogens with zero attached hydrogens (tertiary/aromatic N) is 6. The molecular weight excluding hydrogens is 984 g/mol. The van der Waals surface area contributed by atoms with Gasteiger partial charge in [0, 0.05) is 62.5 Å². The molecule has 20 heteroatoms. The van der Waals surface area contributed by atoms with Gasteiger partial charge in [0.25, 0.3) is 11.8 Å². The summed E-state index contributed by atoms with van der Waals surface area (Å²) in [7, 11) is 0. The van der Waals surface area contributed by atoms with Crippen molar-refractivity contribution in [3.63, 3.8) is 0 Å². The molecule has 0 aliphatic carbocycles. The Labute approximate surface area is 430 Å². The van der Waals surface area contributed by atoms with Gasteiger partial charge in [0.05, 0.1) is 58.3 Å². The largest absolute Gasteiger partial charge is 0.494 e. The minimum Gasteiger partial charge on any atom is -0.494 e. The molecule has 4 aromatic carbocycles. The summed E-state index contributed by atoms with van der Waals surface area (Å²) >= 11 is 7.02. The van der Waals surface area contributed by atoms with Crippen LogP contribution in [-0.2, 0) is 38.4 Å². The van der Waals surface area contributed by atoms with E-state index >= 15 is 0 Å². The van der Waals surface area contributed by atoms with Crippen LogP contribution >= 0.6 is 23.6 Å². The summed E-state index contributed by atoms with van der Waals surface area (Å²) in [4.78, 5) is 65.5. The number of anilines is 2. The van der Waals surface area contributed by atoms with Gasteiger partial charge in [-0.1, -0.05) is 44.2 Å². The fraction of sp³-hybridized carbons (Fsp3) is 0.377. The smallest absolute Gasteiger partial charge is 0.417 e. The van der Waals surface area contributed by atoms with Crippen molar-refractivity contribution in [2.45, 2.75) is 83.9 Å². The first-order chi connectivity index (χ1) is 35.0. The number of amides is 4. The van der Waals surface area contributed by atoms with Crippen LogP contribution < -0.4 is 24.6 Å². The lowest BCUT2D eigenvalue weighted by Crippen LogP contribution is -2.55. The Hall–Kier alpha value is -6.92. The summed E-state index contributed by atoms with van der Waals surface area (Å²) < 4.78 is 58.9. The zero-order valence-corrected chi connectivity index (χ0v) is 42.0. The highest BCUT2D eigenvalue weighted by Gasteiger charge is 2.46. The number of fused-ring (bicyclic) bond motifs is 1. The average Bonchev–Trinajstić information content (AvgIpc) is 4.14. The van der Waals surface area contributed by atoms with Gasteiger partial charge in [-0.05, 0) is 104 Å². The number of hydrogen-bond acceptors (Lipinski definition) is 12. The number of β-amino-alcohol motifs (C(OH)–C–C–N with tert-alkyl or cyclic N) is 1. The number of ether oxygens (including phenoxy) is 3. The Morgan fingerprint density at radius 3 is 2.38 bits per heavy atom. The number of halogens is 3. The van der Waals surface area contributed by atoms with Gasteiger partial charge in [0.15, 0.2) is 5.11 Å². The molecule has 73 heavy (non-hydrogen) atoms. The van der Waals surface area contributed by atoms with Gasteiger partial charge < -0.3 is 39.3 Å². The zero-order chi connectivity index (χ0) is 52.0. The fourth-order valence-corrected chi connectivity index (χ4v) is 10.4. The van der Waals surface area contributed by atoms with Crippen LogP contribution in [0.3, 0.4) is 0 Å². The number of rotatable bonds is 20. The number of aliphatic hydroxyl groups is 1. The Morgan fingerprint density at radius 1 is 0.945 bits per heavy atom. The first-order valence-electron chi connectivity index (χ1n) is 23.9. The maximum Gasteiger partial charge on any atom is 0.417 e. The summed E-state index contributed by atoms with van der Waals surface area (Å²) in [6, 6.07) is 22.8. The van der Waals surface area contributed by atoms with Crippen LogP contribution in [0.5, 0.6) is 11.5 Å². The third kappa shape index (κ3) is 11.8. The van der Waals surface area contributed by atoms with E-state index in [9.17, 15) is 37.5 Å². The Balaban J connectivity index is 0.785. The van der Waals surface area contributed by atoms with Crippen molar-refractivity contribution in [1.29, 1.82) is 5.26 Å². The van der Waals surface area contributed by atoms with E-state index in [0.717, 1.165) is 50.7 Å². The average molecular weight is 1040 g/mol. The molecule has 2 saturated heterocycles. The predicted molar refractivity (Wildman–Crippen MR) is 271 cm³/mol. The highest BCUT2D eigenvalue weighted by Crippen LogP contribution is 2.37. The summed E-state index contributed by atoms with van der Waals surface area (Å²) in [6.07, 6.45) is -3.60. The van der Waals surface area contributed by atoms with Gasteiger partial charge in [-0.2, -0.15) is 18.4 Å². The highest BCUT2D eigenvalue weighted by atomic mass is 32.1. The molecule has 3 atom stereocenters. The molecule has 382 valence electrons. The number of carbonyl (C=O) groups excluding carboxylic acids is 4.